The summed E-state index contributed by atoms with van der Waals surface area (Å²) in [7, 11) is -3.42. The van der Waals surface area contributed by atoms with Gasteiger partial charge in [0, 0.05) is 30.0 Å². The number of sulfonamides is 1. The maximum atomic E-state index is 12.9. The van der Waals surface area contributed by atoms with Gasteiger partial charge in [-0.3, -0.25) is 4.79 Å². The number of benzene rings is 2. The lowest BCUT2D eigenvalue weighted by molar-refractivity contribution is -0.126. The first-order valence-electron chi connectivity index (χ1n) is 9.08. The van der Waals surface area contributed by atoms with Crippen molar-refractivity contribution in [1.82, 2.24) is 9.62 Å². The van der Waals surface area contributed by atoms with E-state index in [0.717, 1.165) is 15.6 Å². The molecule has 2 aromatic rings. The van der Waals surface area contributed by atoms with Crippen molar-refractivity contribution in [2.45, 2.75) is 25.1 Å². The van der Waals surface area contributed by atoms with Gasteiger partial charge in [0.25, 0.3) is 0 Å². The van der Waals surface area contributed by atoms with Crippen LogP contribution in [0, 0.1) is 11.7 Å². The van der Waals surface area contributed by atoms with E-state index in [4.69, 9.17) is 0 Å². The molecule has 1 N–H and O–H groups in total. The highest BCUT2D eigenvalue weighted by Crippen LogP contribution is 2.23. The highest BCUT2D eigenvalue weighted by atomic mass is 79.9. The molecular weight excluding hydrogens is 447 g/mol. The number of nitrogens with one attached hydrogen (secondary N) is 1. The number of piperidine rings is 1. The Balaban J connectivity index is 1.50. The lowest BCUT2D eigenvalue weighted by Gasteiger charge is -2.30. The summed E-state index contributed by atoms with van der Waals surface area (Å²) in [6.07, 6.45) is 0.986. The first-order chi connectivity index (χ1) is 13.3. The van der Waals surface area contributed by atoms with Crippen LogP contribution in [0.5, 0.6) is 0 Å². The van der Waals surface area contributed by atoms with Gasteiger partial charge in [-0.2, -0.15) is 0 Å². The van der Waals surface area contributed by atoms with Gasteiger partial charge in [0.1, 0.15) is 5.82 Å². The molecule has 1 amide bonds. The molecule has 1 saturated heterocycles. The molecule has 0 unspecified atom stereocenters. The average molecular weight is 469 g/mol. The van der Waals surface area contributed by atoms with Crippen molar-refractivity contribution in [2.24, 2.45) is 5.92 Å². The molecule has 0 aliphatic carbocycles. The van der Waals surface area contributed by atoms with Crippen LogP contribution in [0.4, 0.5) is 4.39 Å². The Labute approximate surface area is 173 Å². The van der Waals surface area contributed by atoms with E-state index in [-0.39, 0.29) is 23.4 Å². The Bertz CT molecular complexity index is 927. The Kier molecular flexibility index (Phi) is 6.85. The summed E-state index contributed by atoms with van der Waals surface area (Å²) in [4.78, 5) is 12.4. The predicted octanol–water partition coefficient (Wildman–Crippen LogP) is 3.45. The van der Waals surface area contributed by atoms with Gasteiger partial charge in [-0.05, 0) is 48.2 Å². The summed E-state index contributed by atoms with van der Waals surface area (Å²) in [6.45, 7) is 1.01. The van der Waals surface area contributed by atoms with Crippen LogP contribution in [0.15, 0.2) is 53.0 Å². The second-order valence-corrected chi connectivity index (χ2v) is 9.79. The van der Waals surface area contributed by atoms with E-state index in [0.29, 0.717) is 32.5 Å². The summed E-state index contributed by atoms with van der Waals surface area (Å²) >= 11 is 3.35. The van der Waals surface area contributed by atoms with Crippen molar-refractivity contribution in [3.8, 4) is 0 Å². The topological polar surface area (TPSA) is 66.5 Å². The third-order valence-corrected chi connectivity index (χ3v) is 7.18. The van der Waals surface area contributed by atoms with Crippen LogP contribution in [-0.4, -0.2) is 31.7 Å². The monoisotopic (exact) mass is 468 g/mol. The van der Waals surface area contributed by atoms with Gasteiger partial charge in [-0.15, -0.1) is 0 Å². The fourth-order valence-corrected chi connectivity index (χ4v) is 5.26. The zero-order chi connectivity index (χ0) is 20.1. The highest BCUT2D eigenvalue weighted by Gasteiger charge is 2.31. The molecule has 8 heteroatoms. The number of amides is 1. The standard InChI is InChI=1S/C20H22BrFN2O3S/c21-18-3-1-2-16(12-18)14-28(26,27)24-10-8-17(9-11-24)20(25)23-13-15-4-6-19(22)7-5-15/h1-7,12,17H,8-11,13-14H2,(H,23,25). The summed E-state index contributed by atoms with van der Waals surface area (Å²) in [6, 6.07) is 13.2. The van der Waals surface area contributed by atoms with Gasteiger partial charge in [0.15, 0.2) is 0 Å². The van der Waals surface area contributed by atoms with Crippen LogP contribution in [-0.2, 0) is 27.1 Å². The van der Waals surface area contributed by atoms with Gasteiger partial charge in [-0.1, -0.05) is 40.2 Å². The van der Waals surface area contributed by atoms with E-state index < -0.39 is 10.0 Å². The molecule has 1 aliphatic rings. The summed E-state index contributed by atoms with van der Waals surface area (Å²) < 4.78 is 40.6. The third-order valence-electron chi connectivity index (χ3n) is 4.84. The fraction of sp³-hybridized carbons (Fsp3) is 0.350. The smallest absolute Gasteiger partial charge is 0.223 e. The number of hydrogen-bond acceptors (Lipinski definition) is 3. The minimum absolute atomic E-state index is 0.0477. The van der Waals surface area contributed by atoms with Gasteiger partial charge < -0.3 is 5.32 Å². The van der Waals surface area contributed by atoms with E-state index >= 15 is 0 Å². The Hall–Kier alpha value is -1.77. The summed E-state index contributed by atoms with van der Waals surface area (Å²) in [5.41, 5.74) is 1.55. The Morgan fingerprint density at radius 1 is 1.11 bits per heavy atom. The number of hydrogen-bond donors (Lipinski definition) is 1. The molecule has 0 saturated carbocycles. The van der Waals surface area contributed by atoms with Crippen LogP contribution in [0.3, 0.4) is 0 Å². The molecular formula is C20H22BrFN2O3S. The lowest BCUT2D eigenvalue weighted by Crippen LogP contribution is -2.43. The third kappa shape index (κ3) is 5.62. The molecule has 2 aromatic carbocycles. The number of rotatable bonds is 6. The predicted molar refractivity (Wildman–Crippen MR) is 109 cm³/mol. The van der Waals surface area contributed by atoms with Crippen molar-refractivity contribution in [3.05, 3.63) is 69.9 Å². The van der Waals surface area contributed by atoms with Crippen molar-refractivity contribution >= 4 is 31.9 Å². The molecule has 3 rings (SSSR count). The van der Waals surface area contributed by atoms with Crippen LogP contribution in [0.25, 0.3) is 0 Å². The maximum Gasteiger partial charge on any atom is 0.223 e. The Morgan fingerprint density at radius 3 is 2.43 bits per heavy atom. The number of carbonyl (C=O) groups excluding carboxylic acids is 1. The second-order valence-electron chi connectivity index (χ2n) is 6.90. The molecule has 5 nitrogen and oxygen atoms in total. The molecule has 1 aliphatic heterocycles. The van der Waals surface area contributed by atoms with Crippen LogP contribution >= 0.6 is 15.9 Å². The van der Waals surface area contributed by atoms with Crippen molar-refractivity contribution in [2.75, 3.05) is 13.1 Å². The largest absolute Gasteiger partial charge is 0.352 e. The molecule has 0 spiro atoms. The van der Waals surface area contributed by atoms with Crippen LogP contribution in [0.2, 0.25) is 0 Å². The number of nitrogens with zero attached hydrogens (tertiary/aromatic N) is 1. The van der Waals surface area contributed by atoms with E-state index in [1.807, 2.05) is 12.1 Å². The molecule has 150 valence electrons. The van der Waals surface area contributed by atoms with Crippen LogP contribution < -0.4 is 5.32 Å². The number of carbonyl (C=O) groups is 1. The normalized spacial score (nSPS) is 16.1. The Morgan fingerprint density at radius 2 is 1.79 bits per heavy atom. The second kappa shape index (κ2) is 9.15. The molecule has 0 bridgehead atoms. The first kappa shape index (κ1) is 21.0. The molecule has 0 aromatic heterocycles. The van der Waals surface area contributed by atoms with E-state index in [1.165, 1.54) is 16.4 Å². The zero-order valence-electron chi connectivity index (χ0n) is 15.3. The van der Waals surface area contributed by atoms with Gasteiger partial charge in [-0.25, -0.2) is 17.1 Å². The molecule has 0 atom stereocenters. The van der Waals surface area contributed by atoms with Crippen molar-refractivity contribution < 1.29 is 17.6 Å². The fourth-order valence-electron chi connectivity index (χ4n) is 3.26. The first-order valence-corrected chi connectivity index (χ1v) is 11.5. The summed E-state index contributed by atoms with van der Waals surface area (Å²) in [5.74, 6) is -0.661. The lowest BCUT2D eigenvalue weighted by atomic mass is 9.97. The van der Waals surface area contributed by atoms with Crippen molar-refractivity contribution in [3.63, 3.8) is 0 Å². The maximum absolute atomic E-state index is 12.9. The average Bonchev–Trinajstić information content (AvgIpc) is 2.67. The van der Waals surface area contributed by atoms with Gasteiger partial charge in [0.2, 0.25) is 15.9 Å². The summed E-state index contributed by atoms with van der Waals surface area (Å²) in [5, 5.41) is 2.85. The van der Waals surface area contributed by atoms with Gasteiger partial charge >= 0.3 is 0 Å². The quantitative estimate of drug-likeness (QED) is 0.705. The minimum atomic E-state index is -3.42. The molecule has 1 heterocycles. The van der Waals surface area contributed by atoms with Gasteiger partial charge in [0.05, 0.1) is 5.75 Å². The molecule has 1 fully saturated rings. The highest BCUT2D eigenvalue weighted by molar-refractivity contribution is 9.10. The zero-order valence-corrected chi connectivity index (χ0v) is 17.7. The molecule has 28 heavy (non-hydrogen) atoms. The SMILES string of the molecule is O=C(NCc1ccc(F)cc1)C1CCN(S(=O)(=O)Cc2cccc(Br)c2)CC1. The van der Waals surface area contributed by atoms with E-state index in [9.17, 15) is 17.6 Å². The minimum Gasteiger partial charge on any atom is -0.352 e. The number of halogens is 2. The van der Waals surface area contributed by atoms with Crippen LogP contribution in [0.1, 0.15) is 24.0 Å². The van der Waals surface area contributed by atoms with Crippen molar-refractivity contribution in [1.29, 1.82) is 0 Å². The van der Waals surface area contributed by atoms with E-state index in [2.05, 4.69) is 21.2 Å². The molecule has 0 radical (unpaired) electrons. The van der Waals surface area contributed by atoms with E-state index in [1.54, 1.807) is 24.3 Å².